The number of thiazole rings is 1. The highest BCUT2D eigenvalue weighted by Crippen LogP contribution is 2.26. The molecule has 1 aliphatic rings. The average molecular weight is 617 g/mol. The van der Waals surface area contributed by atoms with Crippen LogP contribution in [0.3, 0.4) is 0 Å². The number of anilines is 3. The molecule has 0 spiro atoms. The summed E-state index contributed by atoms with van der Waals surface area (Å²) in [5.74, 6) is 0.336. The molecule has 13 heteroatoms. The van der Waals surface area contributed by atoms with Crippen molar-refractivity contribution >= 4 is 49.5 Å². The second-order valence-electron chi connectivity index (χ2n) is 10.9. The standard InChI is InChI=1S/C30H32N8O3S2/c1-19(2)43(40,41)24-8-9-26(32-18-24)25-16-20-17-33-29(36-27(20)38(28(25)39)30-31-12-15-42-30)35-22-6-4-21(5-7-22)34-23-10-13-37(3)14-11-23/h4-9,12,15-19,23,34H,10-11,13-14H2,1-3H3,(H,33,35,36). The topological polar surface area (TPSA) is 135 Å². The zero-order chi connectivity index (χ0) is 30.1. The third kappa shape index (κ3) is 6.01. The zero-order valence-corrected chi connectivity index (χ0v) is 25.7. The van der Waals surface area contributed by atoms with E-state index in [-0.39, 0.29) is 16.0 Å². The van der Waals surface area contributed by atoms with Gasteiger partial charge in [0.15, 0.2) is 20.6 Å². The minimum atomic E-state index is -3.49. The number of hydrogen-bond acceptors (Lipinski definition) is 11. The van der Waals surface area contributed by atoms with E-state index in [2.05, 4.69) is 37.5 Å². The van der Waals surface area contributed by atoms with Crippen LogP contribution >= 0.6 is 11.3 Å². The first-order valence-corrected chi connectivity index (χ1v) is 16.5. The maximum atomic E-state index is 13.8. The number of piperidine rings is 1. The molecule has 0 unspecified atom stereocenters. The Morgan fingerprint density at radius 1 is 0.977 bits per heavy atom. The Morgan fingerprint density at radius 3 is 2.37 bits per heavy atom. The zero-order valence-electron chi connectivity index (χ0n) is 24.1. The van der Waals surface area contributed by atoms with Crippen LogP contribution in [0.4, 0.5) is 17.3 Å². The van der Waals surface area contributed by atoms with E-state index in [9.17, 15) is 13.2 Å². The predicted octanol–water partition coefficient (Wildman–Crippen LogP) is 4.73. The number of likely N-dealkylation sites (tertiary alicyclic amines) is 1. The van der Waals surface area contributed by atoms with Crippen molar-refractivity contribution in [3.8, 4) is 16.4 Å². The Bertz CT molecular complexity index is 1900. The van der Waals surface area contributed by atoms with E-state index in [0.29, 0.717) is 33.8 Å². The lowest BCUT2D eigenvalue weighted by atomic mass is 10.1. The first kappa shape index (κ1) is 28.9. The summed E-state index contributed by atoms with van der Waals surface area (Å²) in [7, 11) is -1.34. The van der Waals surface area contributed by atoms with Crippen LogP contribution in [0.15, 0.2) is 76.1 Å². The molecule has 11 nitrogen and oxygen atoms in total. The second kappa shape index (κ2) is 11.8. The molecule has 43 heavy (non-hydrogen) atoms. The summed E-state index contributed by atoms with van der Waals surface area (Å²) in [5.41, 5.74) is 2.52. The van der Waals surface area contributed by atoms with Gasteiger partial charge >= 0.3 is 0 Å². The third-order valence-corrected chi connectivity index (χ3v) is 10.4. The highest BCUT2D eigenvalue weighted by Gasteiger charge is 2.22. The summed E-state index contributed by atoms with van der Waals surface area (Å²) >= 11 is 1.31. The van der Waals surface area contributed by atoms with Crippen LogP contribution in [-0.2, 0) is 9.84 Å². The lowest BCUT2D eigenvalue weighted by Gasteiger charge is -2.30. The molecule has 0 atom stereocenters. The summed E-state index contributed by atoms with van der Waals surface area (Å²) < 4.78 is 26.6. The minimum Gasteiger partial charge on any atom is -0.382 e. The summed E-state index contributed by atoms with van der Waals surface area (Å²) in [6, 6.07) is 13.2. The largest absolute Gasteiger partial charge is 0.382 e. The Morgan fingerprint density at radius 2 is 1.72 bits per heavy atom. The molecular weight excluding hydrogens is 585 g/mol. The van der Waals surface area contributed by atoms with Crippen molar-refractivity contribution in [2.45, 2.75) is 42.9 Å². The van der Waals surface area contributed by atoms with E-state index in [1.54, 1.807) is 43.8 Å². The van der Waals surface area contributed by atoms with Gasteiger partial charge in [0.05, 0.1) is 21.4 Å². The molecule has 0 radical (unpaired) electrons. The van der Waals surface area contributed by atoms with Crippen LogP contribution in [0, 0.1) is 0 Å². The molecule has 4 aromatic heterocycles. The number of nitrogens with one attached hydrogen (secondary N) is 2. The number of sulfone groups is 1. The van der Waals surface area contributed by atoms with Gasteiger partial charge in [-0.05, 0) is 89.3 Å². The summed E-state index contributed by atoms with van der Waals surface area (Å²) in [6.45, 7) is 5.42. The average Bonchev–Trinajstić information content (AvgIpc) is 3.53. The SMILES string of the molecule is CC(C)S(=O)(=O)c1ccc(-c2cc3cnc(Nc4ccc(NC5CCN(C)CC5)cc4)nc3n(-c3nccs3)c2=O)nc1. The van der Waals surface area contributed by atoms with Crippen LogP contribution in [0.2, 0.25) is 0 Å². The summed E-state index contributed by atoms with van der Waals surface area (Å²) in [5, 5.41) is 9.11. The monoisotopic (exact) mass is 616 g/mol. The molecular formula is C30H32N8O3S2. The molecule has 1 saturated heterocycles. The van der Waals surface area contributed by atoms with Crippen LogP contribution in [0.5, 0.6) is 0 Å². The molecule has 0 amide bonds. The summed E-state index contributed by atoms with van der Waals surface area (Å²) in [6.07, 6.45) is 6.79. The number of fused-ring (bicyclic) bond motifs is 1. The fourth-order valence-electron chi connectivity index (χ4n) is 4.99. The first-order chi connectivity index (χ1) is 20.7. The molecule has 1 aromatic carbocycles. The van der Waals surface area contributed by atoms with E-state index in [0.717, 1.165) is 37.3 Å². The van der Waals surface area contributed by atoms with E-state index in [1.807, 2.05) is 24.3 Å². The van der Waals surface area contributed by atoms with Gasteiger partial charge in [0.1, 0.15) is 0 Å². The van der Waals surface area contributed by atoms with Gasteiger partial charge in [0.2, 0.25) is 5.95 Å². The lowest BCUT2D eigenvalue weighted by molar-refractivity contribution is 0.264. The van der Waals surface area contributed by atoms with Gasteiger partial charge in [-0.2, -0.15) is 4.98 Å². The number of nitrogens with zero attached hydrogens (tertiary/aromatic N) is 6. The van der Waals surface area contributed by atoms with Crippen LogP contribution in [-0.4, -0.2) is 69.2 Å². The van der Waals surface area contributed by atoms with Gasteiger partial charge in [-0.25, -0.2) is 23.0 Å². The first-order valence-electron chi connectivity index (χ1n) is 14.0. The van der Waals surface area contributed by atoms with Crippen molar-refractivity contribution in [3.63, 3.8) is 0 Å². The number of aromatic nitrogens is 5. The van der Waals surface area contributed by atoms with Crippen molar-refractivity contribution < 1.29 is 8.42 Å². The van der Waals surface area contributed by atoms with Gasteiger partial charge in [-0.3, -0.25) is 9.78 Å². The highest BCUT2D eigenvalue weighted by atomic mass is 32.2. The minimum absolute atomic E-state index is 0.108. The molecule has 1 fully saturated rings. The van der Waals surface area contributed by atoms with Gasteiger partial charge in [-0.1, -0.05) is 0 Å². The molecule has 6 rings (SSSR count). The van der Waals surface area contributed by atoms with E-state index >= 15 is 0 Å². The van der Waals surface area contributed by atoms with Crippen molar-refractivity contribution in [2.75, 3.05) is 30.8 Å². The fourth-order valence-corrected chi connectivity index (χ4v) is 6.63. The van der Waals surface area contributed by atoms with Crippen molar-refractivity contribution in [1.82, 2.24) is 29.4 Å². The molecule has 2 N–H and O–H groups in total. The normalized spacial score (nSPS) is 14.8. The second-order valence-corrected chi connectivity index (χ2v) is 14.3. The fraction of sp³-hybridized carbons (Fsp3) is 0.300. The molecule has 1 aliphatic heterocycles. The number of hydrogen-bond donors (Lipinski definition) is 2. The van der Waals surface area contributed by atoms with E-state index in [1.165, 1.54) is 28.2 Å². The van der Waals surface area contributed by atoms with Crippen molar-refractivity contribution in [3.05, 3.63) is 76.8 Å². The molecule has 5 heterocycles. The molecule has 222 valence electrons. The van der Waals surface area contributed by atoms with Crippen molar-refractivity contribution in [2.24, 2.45) is 0 Å². The predicted molar refractivity (Wildman–Crippen MR) is 170 cm³/mol. The van der Waals surface area contributed by atoms with Gasteiger partial charge < -0.3 is 15.5 Å². The number of rotatable bonds is 8. The molecule has 0 aliphatic carbocycles. The highest BCUT2D eigenvalue weighted by molar-refractivity contribution is 7.92. The van der Waals surface area contributed by atoms with Crippen LogP contribution in [0.25, 0.3) is 27.4 Å². The van der Waals surface area contributed by atoms with Gasteiger partial charge in [0.25, 0.3) is 5.56 Å². The lowest BCUT2D eigenvalue weighted by Crippen LogP contribution is -2.36. The number of pyridine rings is 2. The Hall–Kier alpha value is -4.20. The van der Waals surface area contributed by atoms with Gasteiger partial charge in [-0.15, -0.1) is 11.3 Å². The molecule has 0 saturated carbocycles. The Labute approximate surface area is 253 Å². The van der Waals surface area contributed by atoms with E-state index < -0.39 is 15.1 Å². The summed E-state index contributed by atoms with van der Waals surface area (Å²) in [4.78, 5) is 34.2. The van der Waals surface area contributed by atoms with Crippen molar-refractivity contribution in [1.29, 1.82) is 0 Å². The number of benzene rings is 1. The Balaban J connectivity index is 1.31. The Kier molecular flexibility index (Phi) is 7.95. The van der Waals surface area contributed by atoms with Crippen LogP contribution in [0.1, 0.15) is 26.7 Å². The van der Waals surface area contributed by atoms with E-state index in [4.69, 9.17) is 4.98 Å². The third-order valence-electron chi connectivity index (χ3n) is 7.54. The van der Waals surface area contributed by atoms with Crippen LogP contribution < -0.4 is 16.2 Å². The maximum Gasteiger partial charge on any atom is 0.268 e. The molecule has 5 aromatic rings. The smallest absolute Gasteiger partial charge is 0.268 e. The quantitative estimate of drug-likeness (QED) is 0.252. The van der Waals surface area contributed by atoms with Gasteiger partial charge in [0, 0.05) is 46.8 Å². The molecule has 0 bridgehead atoms. The maximum absolute atomic E-state index is 13.8.